The van der Waals surface area contributed by atoms with E-state index in [4.69, 9.17) is 14.6 Å². The van der Waals surface area contributed by atoms with Gasteiger partial charge in [0.15, 0.2) is 0 Å². The summed E-state index contributed by atoms with van der Waals surface area (Å²) in [4.78, 5) is 47.6. The predicted octanol–water partition coefficient (Wildman–Crippen LogP) is 7.96. The second kappa shape index (κ2) is 20.0. The van der Waals surface area contributed by atoms with Crippen LogP contribution in [-0.2, 0) is 28.7 Å². The molecular formula is C31H56O7. The van der Waals surface area contributed by atoms with Crippen molar-refractivity contribution < 1.29 is 33.8 Å². The summed E-state index contributed by atoms with van der Waals surface area (Å²) in [6, 6.07) is 0. The first-order chi connectivity index (χ1) is 17.7. The van der Waals surface area contributed by atoms with E-state index in [9.17, 15) is 19.2 Å². The molecule has 0 aromatic heterocycles. The highest BCUT2D eigenvalue weighted by Crippen LogP contribution is 2.20. The molecule has 7 heteroatoms. The summed E-state index contributed by atoms with van der Waals surface area (Å²) in [5.41, 5.74) is -1.10. The highest BCUT2D eigenvalue weighted by atomic mass is 16.6. The molecule has 1 N–H and O–H groups in total. The molecule has 0 aliphatic heterocycles. The van der Waals surface area contributed by atoms with Crippen LogP contribution in [0.15, 0.2) is 0 Å². The van der Waals surface area contributed by atoms with E-state index in [-0.39, 0.29) is 24.6 Å². The van der Waals surface area contributed by atoms with Crippen molar-refractivity contribution in [2.75, 3.05) is 0 Å². The summed E-state index contributed by atoms with van der Waals surface area (Å²) in [5, 5.41) is 8.94. The van der Waals surface area contributed by atoms with E-state index in [1.54, 1.807) is 20.8 Å². The molecule has 0 saturated heterocycles. The van der Waals surface area contributed by atoms with Crippen LogP contribution in [0.3, 0.4) is 0 Å². The van der Waals surface area contributed by atoms with E-state index in [0.717, 1.165) is 38.5 Å². The van der Waals surface area contributed by atoms with Gasteiger partial charge in [-0.1, -0.05) is 77.0 Å². The standard InChI is InChI=1S/C31H56O7/c1-30(2,3)37-28(35)22-20-18-16-14-12-10-8-7-9-11-13-15-17-19-21-26(32)25(23-24-27(33)34)29(36)38-31(4,5)6/h25H,7-24H2,1-6H3,(H,33,34). The van der Waals surface area contributed by atoms with Gasteiger partial charge in [-0.05, 0) is 60.8 Å². The number of Topliss-reactive ketones (excluding diaryl/α,β-unsaturated/α-hetero) is 1. The molecule has 0 radical (unpaired) electrons. The van der Waals surface area contributed by atoms with Gasteiger partial charge >= 0.3 is 17.9 Å². The first kappa shape index (κ1) is 36.1. The quantitative estimate of drug-likeness (QED) is 0.0843. The van der Waals surface area contributed by atoms with Crippen LogP contribution in [0.1, 0.15) is 157 Å². The van der Waals surface area contributed by atoms with Gasteiger partial charge in [0.05, 0.1) is 0 Å². The number of carboxylic acid groups (broad SMARTS) is 1. The molecule has 0 fully saturated rings. The van der Waals surface area contributed by atoms with Crippen LogP contribution in [0.2, 0.25) is 0 Å². The van der Waals surface area contributed by atoms with Gasteiger partial charge in [-0.3, -0.25) is 19.2 Å². The zero-order valence-electron chi connectivity index (χ0n) is 25.2. The fraction of sp³-hybridized carbons (Fsp3) is 0.871. The average Bonchev–Trinajstić information content (AvgIpc) is 2.76. The number of hydrogen-bond donors (Lipinski definition) is 1. The van der Waals surface area contributed by atoms with Crippen LogP contribution in [0, 0.1) is 5.92 Å². The predicted molar refractivity (Wildman–Crippen MR) is 151 cm³/mol. The van der Waals surface area contributed by atoms with Crippen molar-refractivity contribution >= 4 is 23.7 Å². The van der Waals surface area contributed by atoms with Gasteiger partial charge in [-0.25, -0.2) is 0 Å². The highest BCUT2D eigenvalue weighted by molar-refractivity contribution is 5.99. The normalized spacial score (nSPS) is 12.7. The summed E-state index contributed by atoms with van der Waals surface area (Å²) in [6.07, 6.45) is 16.4. The number of carbonyl (C=O) groups is 4. The molecule has 0 aliphatic carbocycles. The van der Waals surface area contributed by atoms with Crippen LogP contribution in [0.5, 0.6) is 0 Å². The lowest BCUT2D eigenvalue weighted by Gasteiger charge is -2.23. The van der Waals surface area contributed by atoms with Gasteiger partial charge < -0.3 is 14.6 Å². The Balaban J connectivity index is 3.73. The van der Waals surface area contributed by atoms with Gasteiger partial charge in [-0.2, -0.15) is 0 Å². The summed E-state index contributed by atoms with van der Waals surface area (Å²) < 4.78 is 10.7. The average molecular weight is 541 g/mol. The van der Waals surface area contributed by atoms with E-state index in [1.807, 2.05) is 20.8 Å². The maximum absolute atomic E-state index is 12.6. The summed E-state index contributed by atoms with van der Waals surface area (Å²) >= 11 is 0. The monoisotopic (exact) mass is 540 g/mol. The van der Waals surface area contributed by atoms with Crippen molar-refractivity contribution in [2.45, 2.75) is 168 Å². The third kappa shape index (κ3) is 23.2. The van der Waals surface area contributed by atoms with Crippen LogP contribution < -0.4 is 0 Å². The molecule has 1 atom stereocenters. The number of hydrogen-bond acceptors (Lipinski definition) is 6. The highest BCUT2D eigenvalue weighted by Gasteiger charge is 2.31. The number of ether oxygens (including phenoxy) is 2. The van der Waals surface area contributed by atoms with E-state index in [2.05, 4.69) is 0 Å². The van der Waals surface area contributed by atoms with Crippen LogP contribution >= 0.6 is 0 Å². The Morgan fingerprint density at radius 2 is 0.921 bits per heavy atom. The van der Waals surface area contributed by atoms with E-state index >= 15 is 0 Å². The largest absolute Gasteiger partial charge is 0.481 e. The molecule has 0 spiro atoms. The zero-order chi connectivity index (χ0) is 29.0. The lowest BCUT2D eigenvalue weighted by molar-refractivity contribution is -0.162. The van der Waals surface area contributed by atoms with E-state index < -0.39 is 29.1 Å². The molecule has 0 aliphatic rings. The molecule has 0 heterocycles. The lowest BCUT2D eigenvalue weighted by atomic mass is 9.94. The second-order valence-electron chi connectivity index (χ2n) is 12.5. The minimum atomic E-state index is -1.02. The first-order valence-electron chi connectivity index (χ1n) is 14.9. The third-order valence-corrected chi connectivity index (χ3v) is 6.20. The summed E-state index contributed by atoms with van der Waals surface area (Å²) in [7, 11) is 0. The Morgan fingerprint density at radius 3 is 1.29 bits per heavy atom. The van der Waals surface area contributed by atoms with Crippen LogP contribution in [0.4, 0.5) is 0 Å². The Morgan fingerprint density at radius 1 is 0.553 bits per heavy atom. The molecule has 1 unspecified atom stereocenters. The number of unbranched alkanes of at least 4 members (excludes halogenated alkanes) is 13. The molecule has 0 aromatic carbocycles. The van der Waals surface area contributed by atoms with E-state index in [0.29, 0.717) is 12.8 Å². The van der Waals surface area contributed by atoms with Crippen molar-refractivity contribution in [1.82, 2.24) is 0 Å². The third-order valence-electron chi connectivity index (χ3n) is 6.20. The molecule has 38 heavy (non-hydrogen) atoms. The number of aliphatic carboxylic acids is 1. The molecule has 0 aromatic rings. The Bertz CT molecular complexity index is 685. The molecule has 0 rings (SSSR count). The Kier molecular flexibility index (Phi) is 19.0. The van der Waals surface area contributed by atoms with Crippen molar-refractivity contribution in [3.8, 4) is 0 Å². The maximum Gasteiger partial charge on any atom is 0.317 e. The first-order valence-corrected chi connectivity index (χ1v) is 14.9. The molecule has 0 saturated carbocycles. The fourth-order valence-electron chi connectivity index (χ4n) is 4.31. The molecule has 7 nitrogen and oxygen atoms in total. The molecular weight excluding hydrogens is 484 g/mol. The van der Waals surface area contributed by atoms with Crippen molar-refractivity contribution in [3.63, 3.8) is 0 Å². The van der Waals surface area contributed by atoms with Gasteiger partial charge in [0.2, 0.25) is 0 Å². The van der Waals surface area contributed by atoms with Crippen LogP contribution in [0.25, 0.3) is 0 Å². The zero-order valence-corrected chi connectivity index (χ0v) is 25.2. The van der Waals surface area contributed by atoms with Gasteiger partial charge in [0.25, 0.3) is 0 Å². The minimum Gasteiger partial charge on any atom is -0.481 e. The molecule has 0 amide bonds. The maximum atomic E-state index is 12.6. The lowest BCUT2D eigenvalue weighted by Crippen LogP contribution is -2.33. The second-order valence-corrected chi connectivity index (χ2v) is 12.5. The Labute approximate surface area is 231 Å². The van der Waals surface area contributed by atoms with E-state index in [1.165, 1.54) is 51.4 Å². The molecule has 222 valence electrons. The van der Waals surface area contributed by atoms with Gasteiger partial charge in [0, 0.05) is 19.3 Å². The number of ketones is 1. The van der Waals surface area contributed by atoms with Crippen molar-refractivity contribution in [2.24, 2.45) is 5.92 Å². The number of carboxylic acids is 1. The molecule has 0 bridgehead atoms. The van der Waals surface area contributed by atoms with Crippen LogP contribution in [-0.4, -0.2) is 40.0 Å². The topological polar surface area (TPSA) is 107 Å². The Hall–Kier alpha value is -1.92. The summed E-state index contributed by atoms with van der Waals surface area (Å²) in [6.45, 7) is 10.9. The minimum absolute atomic E-state index is 0.00280. The number of rotatable bonds is 22. The van der Waals surface area contributed by atoms with Crippen molar-refractivity contribution in [1.29, 1.82) is 0 Å². The fourth-order valence-corrected chi connectivity index (χ4v) is 4.31. The summed E-state index contributed by atoms with van der Waals surface area (Å²) in [5.74, 6) is -2.91. The number of esters is 2. The SMILES string of the molecule is CC(C)(C)OC(=O)CCCCCCCCCCCCCCCCC(=O)C(CCC(=O)O)C(=O)OC(C)(C)C. The smallest absolute Gasteiger partial charge is 0.317 e. The van der Waals surface area contributed by atoms with Crippen molar-refractivity contribution in [3.05, 3.63) is 0 Å². The van der Waals surface area contributed by atoms with Gasteiger partial charge in [-0.15, -0.1) is 0 Å². The number of carbonyl (C=O) groups excluding carboxylic acids is 3. The van der Waals surface area contributed by atoms with Gasteiger partial charge in [0.1, 0.15) is 22.9 Å².